The van der Waals surface area contributed by atoms with E-state index in [1.807, 2.05) is 43.4 Å². The van der Waals surface area contributed by atoms with Gasteiger partial charge < -0.3 is 14.2 Å². The van der Waals surface area contributed by atoms with Gasteiger partial charge in [0.25, 0.3) is 0 Å². The van der Waals surface area contributed by atoms with Crippen molar-refractivity contribution >= 4 is 5.97 Å². The van der Waals surface area contributed by atoms with Crippen molar-refractivity contribution in [1.29, 1.82) is 0 Å². The summed E-state index contributed by atoms with van der Waals surface area (Å²) in [5, 5.41) is 0. The lowest BCUT2D eigenvalue weighted by molar-refractivity contribution is -0.354. The number of rotatable bonds is 9. The van der Waals surface area contributed by atoms with Gasteiger partial charge in [-0.1, -0.05) is 42.5 Å². The van der Waals surface area contributed by atoms with Gasteiger partial charge in [0.05, 0.1) is 6.61 Å². The van der Waals surface area contributed by atoms with E-state index < -0.39 is 0 Å². The normalized spacial score (nSPS) is 20.6. The van der Waals surface area contributed by atoms with Crippen molar-refractivity contribution in [2.24, 2.45) is 0 Å². The number of carbonyl (C=O) groups is 1. The third kappa shape index (κ3) is 6.66. The molecule has 0 N–H and O–H groups in total. The van der Waals surface area contributed by atoms with Gasteiger partial charge in [0.15, 0.2) is 12.6 Å². The zero-order valence-electron chi connectivity index (χ0n) is 14.3. The van der Waals surface area contributed by atoms with Gasteiger partial charge in [-0.05, 0) is 25.5 Å². The van der Waals surface area contributed by atoms with Gasteiger partial charge >= 0.3 is 5.97 Å². The molecule has 0 aliphatic carbocycles. The van der Waals surface area contributed by atoms with Crippen LogP contribution in [0, 0.1) is 0 Å². The highest BCUT2D eigenvalue weighted by molar-refractivity contribution is 5.81. The fourth-order valence-electron chi connectivity index (χ4n) is 2.33. The van der Waals surface area contributed by atoms with Crippen molar-refractivity contribution in [3.63, 3.8) is 0 Å². The van der Waals surface area contributed by atoms with Crippen LogP contribution >= 0.6 is 0 Å². The molecule has 0 bridgehead atoms. The SMILES string of the molecule is CCOC(=O)/C=C/CN(C/C=C/C1OC(C)O1)Cc1ccccc1. The molecule has 5 nitrogen and oxygen atoms in total. The van der Waals surface area contributed by atoms with E-state index in [9.17, 15) is 4.79 Å². The number of benzene rings is 1. The predicted octanol–water partition coefficient (Wildman–Crippen LogP) is 2.88. The van der Waals surface area contributed by atoms with Crippen LogP contribution in [0.4, 0.5) is 0 Å². The smallest absolute Gasteiger partial charge is 0.330 e. The fourth-order valence-corrected chi connectivity index (χ4v) is 2.33. The molecule has 0 radical (unpaired) electrons. The summed E-state index contributed by atoms with van der Waals surface area (Å²) in [4.78, 5) is 13.6. The van der Waals surface area contributed by atoms with E-state index in [0.717, 1.165) is 13.1 Å². The molecule has 1 heterocycles. The minimum Gasteiger partial charge on any atom is -0.463 e. The topological polar surface area (TPSA) is 48.0 Å². The fraction of sp³-hybridized carbons (Fsp3) is 0.421. The zero-order valence-corrected chi connectivity index (χ0v) is 14.3. The van der Waals surface area contributed by atoms with Gasteiger partial charge in [0, 0.05) is 25.7 Å². The molecule has 0 unspecified atom stereocenters. The Bertz CT molecular complexity index is 550. The maximum absolute atomic E-state index is 11.4. The molecule has 0 aromatic heterocycles. The van der Waals surface area contributed by atoms with Gasteiger partial charge in [0.2, 0.25) is 0 Å². The Kier molecular flexibility index (Phi) is 7.68. The zero-order chi connectivity index (χ0) is 17.2. The summed E-state index contributed by atoms with van der Waals surface area (Å²) in [6.07, 6.45) is 6.88. The van der Waals surface area contributed by atoms with Gasteiger partial charge in [-0.15, -0.1) is 0 Å². The average molecular weight is 331 g/mol. The highest BCUT2D eigenvalue weighted by Crippen LogP contribution is 2.16. The second-order valence-electron chi connectivity index (χ2n) is 5.47. The van der Waals surface area contributed by atoms with Gasteiger partial charge in [-0.2, -0.15) is 0 Å². The molecule has 130 valence electrons. The van der Waals surface area contributed by atoms with Crippen molar-refractivity contribution in [1.82, 2.24) is 4.90 Å². The van der Waals surface area contributed by atoms with Crippen LogP contribution in [-0.4, -0.2) is 43.1 Å². The van der Waals surface area contributed by atoms with Crippen LogP contribution in [0.2, 0.25) is 0 Å². The number of nitrogens with zero attached hydrogens (tertiary/aromatic N) is 1. The Labute approximate surface area is 143 Å². The van der Waals surface area contributed by atoms with E-state index >= 15 is 0 Å². The molecule has 1 aliphatic heterocycles. The molecule has 0 atom stereocenters. The summed E-state index contributed by atoms with van der Waals surface area (Å²) in [5.74, 6) is -0.307. The Hall–Kier alpha value is -1.95. The molecule has 0 amide bonds. The molecule has 0 spiro atoms. The molecule has 1 aromatic carbocycles. The van der Waals surface area contributed by atoms with E-state index in [-0.39, 0.29) is 18.5 Å². The van der Waals surface area contributed by atoms with Crippen LogP contribution in [0.25, 0.3) is 0 Å². The van der Waals surface area contributed by atoms with Crippen molar-refractivity contribution in [3.8, 4) is 0 Å². The standard InChI is InChI=1S/C19H25NO4/c1-3-22-18(21)11-7-13-20(15-17-9-5-4-6-10-17)14-8-12-19-23-16(2)24-19/h4-12,16,19H,3,13-15H2,1-2H3/b11-7+,12-8+. The largest absolute Gasteiger partial charge is 0.463 e. The predicted molar refractivity (Wildman–Crippen MR) is 92.1 cm³/mol. The second kappa shape index (κ2) is 10.0. The maximum Gasteiger partial charge on any atom is 0.330 e. The summed E-state index contributed by atoms with van der Waals surface area (Å²) in [7, 11) is 0. The van der Waals surface area contributed by atoms with E-state index in [1.165, 1.54) is 11.6 Å². The molecule has 2 rings (SSSR count). The van der Waals surface area contributed by atoms with E-state index in [1.54, 1.807) is 6.92 Å². The third-order valence-electron chi connectivity index (χ3n) is 3.46. The summed E-state index contributed by atoms with van der Waals surface area (Å²) in [6, 6.07) is 10.2. The minimum absolute atomic E-state index is 0.118. The molecule has 0 saturated carbocycles. The number of esters is 1. The first kappa shape index (κ1) is 18.4. The molecule has 1 saturated heterocycles. The van der Waals surface area contributed by atoms with Crippen molar-refractivity contribution < 1.29 is 19.0 Å². The summed E-state index contributed by atoms with van der Waals surface area (Å²) in [5.41, 5.74) is 1.22. The first-order valence-corrected chi connectivity index (χ1v) is 8.24. The lowest BCUT2D eigenvalue weighted by Crippen LogP contribution is -2.37. The number of ether oxygens (including phenoxy) is 3. The lowest BCUT2D eigenvalue weighted by atomic mass is 10.2. The Balaban J connectivity index is 1.86. The molecule has 1 fully saturated rings. The van der Waals surface area contributed by atoms with Gasteiger partial charge in [-0.25, -0.2) is 4.79 Å². The monoisotopic (exact) mass is 331 g/mol. The second-order valence-corrected chi connectivity index (χ2v) is 5.47. The van der Waals surface area contributed by atoms with E-state index in [4.69, 9.17) is 14.2 Å². The highest BCUT2D eigenvalue weighted by atomic mass is 16.9. The molecule has 1 aliphatic rings. The summed E-state index contributed by atoms with van der Waals surface area (Å²) >= 11 is 0. The maximum atomic E-state index is 11.4. The van der Waals surface area contributed by atoms with Crippen LogP contribution < -0.4 is 0 Å². The molecule has 1 aromatic rings. The minimum atomic E-state index is -0.307. The summed E-state index contributed by atoms with van der Waals surface area (Å²) < 4.78 is 15.6. The van der Waals surface area contributed by atoms with Crippen LogP contribution in [0.5, 0.6) is 0 Å². The number of hydrogen-bond donors (Lipinski definition) is 0. The van der Waals surface area contributed by atoms with Crippen molar-refractivity contribution in [3.05, 3.63) is 60.2 Å². The molecular formula is C19H25NO4. The van der Waals surface area contributed by atoms with Crippen LogP contribution in [0.3, 0.4) is 0 Å². The van der Waals surface area contributed by atoms with E-state index in [0.29, 0.717) is 13.2 Å². The Morgan fingerprint density at radius 2 is 1.92 bits per heavy atom. The Morgan fingerprint density at radius 3 is 2.58 bits per heavy atom. The van der Waals surface area contributed by atoms with Crippen LogP contribution in [0.1, 0.15) is 19.4 Å². The average Bonchev–Trinajstić information content (AvgIpc) is 2.54. The van der Waals surface area contributed by atoms with Gasteiger partial charge in [0.1, 0.15) is 0 Å². The third-order valence-corrected chi connectivity index (χ3v) is 3.46. The quantitative estimate of drug-likeness (QED) is 0.396. The molecule has 5 heteroatoms. The van der Waals surface area contributed by atoms with E-state index in [2.05, 4.69) is 17.0 Å². The number of carbonyl (C=O) groups excluding carboxylic acids is 1. The Morgan fingerprint density at radius 1 is 1.21 bits per heavy atom. The van der Waals surface area contributed by atoms with Crippen molar-refractivity contribution in [2.45, 2.75) is 33.0 Å². The lowest BCUT2D eigenvalue weighted by Gasteiger charge is -2.31. The van der Waals surface area contributed by atoms with Gasteiger partial charge in [-0.3, -0.25) is 4.90 Å². The summed E-state index contributed by atoms with van der Waals surface area (Å²) in [6.45, 7) is 6.23. The van der Waals surface area contributed by atoms with Crippen LogP contribution in [0.15, 0.2) is 54.6 Å². The first-order valence-electron chi connectivity index (χ1n) is 8.24. The highest BCUT2D eigenvalue weighted by Gasteiger charge is 2.23. The van der Waals surface area contributed by atoms with Crippen LogP contribution in [-0.2, 0) is 25.5 Å². The molecule has 24 heavy (non-hydrogen) atoms. The van der Waals surface area contributed by atoms with Crippen molar-refractivity contribution in [2.75, 3.05) is 19.7 Å². The molecular weight excluding hydrogens is 306 g/mol. The first-order chi connectivity index (χ1) is 11.7. The number of hydrogen-bond acceptors (Lipinski definition) is 5.